The minimum atomic E-state index is -0.188. The molecule has 7 nitrogen and oxygen atoms in total. The summed E-state index contributed by atoms with van der Waals surface area (Å²) in [6.07, 6.45) is 3.53. The summed E-state index contributed by atoms with van der Waals surface area (Å²) in [6, 6.07) is 13.7. The molecular weight excluding hydrogens is 348 g/mol. The molecule has 0 spiro atoms. The van der Waals surface area contributed by atoms with Gasteiger partial charge < -0.3 is 9.13 Å². The topological polar surface area (TPSA) is 77.1 Å². The molecule has 1 amide bonds. The second-order valence-electron chi connectivity index (χ2n) is 5.54. The fourth-order valence-electron chi connectivity index (χ4n) is 2.42. The zero-order chi connectivity index (χ0) is 18.4. The highest BCUT2D eigenvalue weighted by Crippen LogP contribution is 2.23. The Morgan fingerprint density at radius 1 is 1.23 bits per heavy atom. The van der Waals surface area contributed by atoms with Crippen LogP contribution < -0.4 is 5.43 Å². The van der Waals surface area contributed by atoms with Crippen molar-refractivity contribution in [2.75, 3.05) is 5.75 Å². The Balaban J connectivity index is 1.59. The average molecular weight is 368 g/mol. The number of hydrogen-bond acceptors (Lipinski definition) is 5. The van der Waals surface area contributed by atoms with Crippen molar-refractivity contribution < 1.29 is 4.79 Å². The second-order valence-corrected chi connectivity index (χ2v) is 6.48. The lowest BCUT2D eigenvalue weighted by atomic mass is 10.2. The molecule has 1 aromatic carbocycles. The number of amides is 1. The maximum atomic E-state index is 12.0. The van der Waals surface area contributed by atoms with Crippen molar-refractivity contribution in [2.24, 2.45) is 12.1 Å². The largest absolute Gasteiger partial charge is 0.350 e. The van der Waals surface area contributed by atoms with Crippen LogP contribution in [0.5, 0.6) is 0 Å². The Labute approximate surface area is 156 Å². The van der Waals surface area contributed by atoms with E-state index in [0.717, 1.165) is 23.6 Å². The Morgan fingerprint density at radius 2 is 2.04 bits per heavy atom. The van der Waals surface area contributed by atoms with Crippen LogP contribution in [0.25, 0.3) is 11.4 Å². The van der Waals surface area contributed by atoms with Gasteiger partial charge in [0.05, 0.1) is 17.7 Å². The quantitative estimate of drug-likeness (QED) is 0.395. The molecule has 8 heteroatoms. The van der Waals surface area contributed by atoms with Gasteiger partial charge in [-0.05, 0) is 19.1 Å². The molecule has 0 saturated carbocycles. The van der Waals surface area contributed by atoms with E-state index < -0.39 is 0 Å². The predicted molar refractivity (Wildman–Crippen MR) is 103 cm³/mol. The number of aryl methyl sites for hydroxylation is 1. The van der Waals surface area contributed by atoms with Crippen LogP contribution in [-0.4, -0.2) is 37.2 Å². The molecular formula is C18H20N6OS. The van der Waals surface area contributed by atoms with Gasteiger partial charge in [-0.25, -0.2) is 5.43 Å². The van der Waals surface area contributed by atoms with Gasteiger partial charge in [0.1, 0.15) is 0 Å². The summed E-state index contributed by atoms with van der Waals surface area (Å²) in [7, 11) is 1.92. The smallest absolute Gasteiger partial charge is 0.250 e. The molecule has 134 valence electrons. The van der Waals surface area contributed by atoms with Crippen LogP contribution in [0.2, 0.25) is 0 Å². The third-order valence-electron chi connectivity index (χ3n) is 3.77. The molecule has 0 aliphatic heterocycles. The Kier molecular flexibility index (Phi) is 5.85. The molecule has 2 aromatic heterocycles. The van der Waals surface area contributed by atoms with Crippen molar-refractivity contribution in [1.82, 2.24) is 24.8 Å². The van der Waals surface area contributed by atoms with E-state index in [4.69, 9.17) is 0 Å². The highest BCUT2D eigenvalue weighted by Gasteiger charge is 2.14. The van der Waals surface area contributed by atoms with E-state index in [9.17, 15) is 4.79 Å². The van der Waals surface area contributed by atoms with E-state index in [1.54, 1.807) is 6.21 Å². The number of nitrogens with zero attached hydrogens (tertiary/aromatic N) is 5. The summed E-state index contributed by atoms with van der Waals surface area (Å²) in [5.41, 5.74) is 4.45. The zero-order valence-electron chi connectivity index (χ0n) is 14.7. The summed E-state index contributed by atoms with van der Waals surface area (Å²) in [5.74, 6) is 0.835. The summed E-state index contributed by atoms with van der Waals surface area (Å²) >= 11 is 1.34. The third-order valence-corrected chi connectivity index (χ3v) is 4.73. The normalized spacial score (nSPS) is 11.2. The van der Waals surface area contributed by atoms with Crippen LogP contribution in [-0.2, 0) is 18.4 Å². The number of hydrogen-bond donors (Lipinski definition) is 1. The minimum absolute atomic E-state index is 0.188. The summed E-state index contributed by atoms with van der Waals surface area (Å²) in [6.45, 7) is 2.76. The van der Waals surface area contributed by atoms with E-state index in [-0.39, 0.29) is 11.7 Å². The fraction of sp³-hybridized carbons (Fsp3) is 0.222. The minimum Gasteiger partial charge on any atom is -0.350 e. The molecule has 0 bridgehead atoms. The fourth-order valence-corrected chi connectivity index (χ4v) is 3.22. The lowest BCUT2D eigenvalue weighted by Crippen LogP contribution is -2.20. The first-order valence-electron chi connectivity index (χ1n) is 8.23. The maximum Gasteiger partial charge on any atom is 0.250 e. The average Bonchev–Trinajstić information content (AvgIpc) is 3.26. The van der Waals surface area contributed by atoms with E-state index in [0.29, 0.717) is 5.16 Å². The van der Waals surface area contributed by atoms with Crippen molar-refractivity contribution in [3.63, 3.8) is 0 Å². The van der Waals surface area contributed by atoms with Crippen LogP contribution in [0.3, 0.4) is 0 Å². The lowest BCUT2D eigenvalue weighted by Gasteiger charge is -2.06. The van der Waals surface area contributed by atoms with Gasteiger partial charge in [-0.1, -0.05) is 42.1 Å². The van der Waals surface area contributed by atoms with Crippen molar-refractivity contribution in [3.8, 4) is 11.4 Å². The van der Waals surface area contributed by atoms with Crippen molar-refractivity contribution >= 4 is 23.9 Å². The Bertz CT molecular complexity index is 900. The van der Waals surface area contributed by atoms with E-state index in [2.05, 4.69) is 20.7 Å². The first-order valence-corrected chi connectivity index (χ1v) is 9.22. The van der Waals surface area contributed by atoms with Gasteiger partial charge in [-0.3, -0.25) is 4.79 Å². The second kappa shape index (κ2) is 8.48. The molecule has 0 saturated heterocycles. The van der Waals surface area contributed by atoms with Gasteiger partial charge in [0.15, 0.2) is 11.0 Å². The number of carbonyl (C=O) groups excluding carboxylic acids is 1. The van der Waals surface area contributed by atoms with Crippen molar-refractivity contribution in [1.29, 1.82) is 0 Å². The monoisotopic (exact) mass is 368 g/mol. The number of thioether (sulfide) groups is 1. The van der Waals surface area contributed by atoms with Crippen LogP contribution in [0.1, 0.15) is 12.6 Å². The molecule has 3 rings (SSSR count). The molecule has 0 unspecified atom stereocenters. The molecule has 0 fully saturated rings. The van der Waals surface area contributed by atoms with Crippen LogP contribution in [0.15, 0.2) is 58.9 Å². The highest BCUT2D eigenvalue weighted by molar-refractivity contribution is 7.99. The molecule has 1 N–H and O–H groups in total. The van der Waals surface area contributed by atoms with Crippen LogP contribution in [0.4, 0.5) is 0 Å². The van der Waals surface area contributed by atoms with Gasteiger partial charge >= 0.3 is 0 Å². The third kappa shape index (κ3) is 4.20. The molecule has 0 radical (unpaired) electrons. The SMILES string of the molecule is CCn1c(SCC(=O)N/N=C/c2cccn2C)nnc1-c1ccccc1. The molecule has 2 heterocycles. The number of carbonyl (C=O) groups is 1. The number of aromatic nitrogens is 4. The van der Waals surface area contributed by atoms with Crippen LogP contribution >= 0.6 is 11.8 Å². The van der Waals surface area contributed by atoms with E-state index in [1.165, 1.54) is 11.8 Å². The molecule has 0 atom stereocenters. The number of benzene rings is 1. The van der Waals surface area contributed by atoms with Gasteiger partial charge in [-0.2, -0.15) is 5.10 Å². The first kappa shape index (κ1) is 17.9. The lowest BCUT2D eigenvalue weighted by molar-refractivity contribution is -0.118. The number of hydrazone groups is 1. The molecule has 3 aromatic rings. The van der Waals surface area contributed by atoms with Gasteiger partial charge in [0, 0.05) is 25.4 Å². The predicted octanol–water partition coefficient (Wildman–Crippen LogP) is 2.55. The van der Waals surface area contributed by atoms with Crippen molar-refractivity contribution in [2.45, 2.75) is 18.6 Å². The number of rotatable bonds is 7. The Morgan fingerprint density at radius 3 is 2.73 bits per heavy atom. The standard InChI is InChI=1S/C18H20N6OS/c1-3-24-17(14-8-5-4-6-9-14)21-22-18(24)26-13-16(25)20-19-12-15-10-7-11-23(15)2/h4-12H,3,13H2,1-2H3,(H,20,25)/b19-12+. The maximum absolute atomic E-state index is 12.0. The first-order chi connectivity index (χ1) is 12.7. The van der Waals surface area contributed by atoms with Gasteiger partial charge in [0.25, 0.3) is 5.91 Å². The molecule has 26 heavy (non-hydrogen) atoms. The summed E-state index contributed by atoms with van der Waals surface area (Å²) in [4.78, 5) is 12.0. The van der Waals surface area contributed by atoms with Crippen LogP contribution in [0, 0.1) is 0 Å². The Hall–Kier alpha value is -2.87. The van der Waals surface area contributed by atoms with Gasteiger partial charge in [-0.15, -0.1) is 10.2 Å². The van der Waals surface area contributed by atoms with E-state index >= 15 is 0 Å². The summed E-state index contributed by atoms with van der Waals surface area (Å²) in [5, 5.41) is 13.2. The molecule has 0 aliphatic rings. The zero-order valence-corrected chi connectivity index (χ0v) is 15.5. The van der Waals surface area contributed by atoms with Gasteiger partial charge in [0.2, 0.25) is 0 Å². The summed E-state index contributed by atoms with van der Waals surface area (Å²) < 4.78 is 3.92. The molecule has 0 aliphatic carbocycles. The number of nitrogens with one attached hydrogen (secondary N) is 1. The van der Waals surface area contributed by atoms with Crippen molar-refractivity contribution in [3.05, 3.63) is 54.4 Å². The van der Waals surface area contributed by atoms with E-state index in [1.807, 2.05) is 71.8 Å². The highest BCUT2D eigenvalue weighted by atomic mass is 32.2.